The molecule has 1 unspecified atom stereocenters. The minimum Gasteiger partial charge on any atom is -0.331 e. The normalized spacial score (nSPS) is 19.6. The smallest absolute Gasteiger partial charge is 0.319 e. The molecule has 1 aliphatic heterocycles. The second kappa shape index (κ2) is 6.70. The Bertz CT molecular complexity index is 435. The number of piperidine rings is 1. The quantitative estimate of drug-likeness (QED) is 0.843. The Balaban J connectivity index is 1.93. The highest BCUT2D eigenvalue weighted by atomic mass is 16.2. The zero-order chi connectivity index (χ0) is 14.5. The molecule has 5 heteroatoms. The van der Waals surface area contributed by atoms with E-state index in [9.17, 15) is 4.79 Å². The standard InChI is InChI=1S/C15H24N4O/c1-17(2)15(20)18(3)14-8-6-10-19(12-14)11-13-7-4-5-9-16-13/h4-5,7,9,14H,6,8,10-12H2,1-3H3. The van der Waals surface area contributed by atoms with Crippen LogP contribution in [0.2, 0.25) is 0 Å². The molecule has 2 rings (SSSR count). The van der Waals surface area contributed by atoms with Gasteiger partial charge >= 0.3 is 6.03 Å². The number of hydrogen-bond acceptors (Lipinski definition) is 3. The third-order valence-electron chi connectivity index (χ3n) is 3.82. The average Bonchev–Trinajstić information content (AvgIpc) is 2.47. The third kappa shape index (κ3) is 3.70. The number of hydrogen-bond donors (Lipinski definition) is 0. The number of aromatic nitrogens is 1. The lowest BCUT2D eigenvalue weighted by Crippen LogP contribution is -2.50. The fraction of sp³-hybridized carbons (Fsp3) is 0.600. The molecule has 1 fully saturated rings. The average molecular weight is 276 g/mol. The van der Waals surface area contributed by atoms with Crippen molar-refractivity contribution in [2.75, 3.05) is 34.2 Å². The number of amides is 2. The van der Waals surface area contributed by atoms with Gasteiger partial charge in [0, 0.05) is 46.5 Å². The molecule has 0 N–H and O–H groups in total. The van der Waals surface area contributed by atoms with E-state index in [0.717, 1.165) is 38.2 Å². The first-order chi connectivity index (χ1) is 9.58. The van der Waals surface area contributed by atoms with E-state index in [-0.39, 0.29) is 6.03 Å². The maximum atomic E-state index is 12.0. The first-order valence-electron chi connectivity index (χ1n) is 7.14. The van der Waals surface area contributed by atoms with Gasteiger partial charge in [-0.25, -0.2) is 4.79 Å². The summed E-state index contributed by atoms with van der Waals surface area (Å²) in [7, 11) is 5.50. The second-order valence-corrected chi connectivity index (χ2v) is 5.64. The predicted molar refractivity (Wildman–Crippen MR) is 79.4 cm³/mol. The first kappa shape index (κ1) is 14.8. The molecule has 1 saturated heterocycles. The van der Waals surface area contributed by atoms with Crippen LogP contribution in [0.3, 0.4) is 0 Å². The van der Waals surface area contributed by atoms with Gasteiger partial charge in [-0.1, -0.05) is 6.07 Å². The van der Waals surface area contributed by atoms with E-state index < -0.39 is 0 Å². The van der Waals surface area contributed by atoms with Crippen LogP contribution in [0.5, 0.6) is 0 Å². The molecule has 5 nitrogen and oxygen atoms in total. The molecule has 0 bridgehead atoms. The molecule has 0 radical (unpaired) electrons. The summed E-state index contributed by atoms with van der Waals surface area (Å²) in [4.78, 5) is 22.3. The van der Waals surface area contributed by atoms with Crippen molar-refractivity contribution in [2.45, 2.75) is 25.4 Å². The highest BCUT2D eigenvalue weighted by Crippen LogP contribution is 2.17. The number of likely N-dealkylation sites (tertiary alicyclic amines) is 1. The van der Waals surface area contributed by atoms with Crippen LogP contribution in [-0.2, 0) is 6.54 Å². The van der Waals surface area contributed by atoms with Crippen molar-refractivity contribution < 1.29 is 4.79 Å². The highest BCUT2D eigenvalue weighted by Gasteiger charge is 2.26. The molecular formula is C15H24N4O. The molecule has 0 saturated carbocycles. The Kier molecular flexibility index (Phi) is 4.95. The summed E-state index contributed by atoms with van der Waals surface area (Å²) in [6.07, 6.45) is 4.04. The summed E-state index contributed by atoms with van der Waals surface area (Å²) in [5.74, 6) is 0. The maximum Gasteiger partial charge on any atom is 0.319 e. The Hall–Kier alpha value is -1.62. The van der Waals surface area contributed by atoms with Crippen LogP contribution in [0.15, 0.2) is 24.4 Å². The number of likely N-dealkylation sites (N-methyl/N-ethyl adjacent to an activating group) is 1. The Labute approximate surface area is 121 Å². The number of pyridine rings is 1. The number of nitrogens with zero attached hydrogens (tertiary/aromatic N) is 4. The number of carbonyl (C=O) groups is 1. The van der Waals surface area contributed by atoms with Gasteiger partial charge in [0.25, 0.3) is 0 Å². The molecule has 2 amide bonds. The van der Waals surface area contributed by atoms with Gasteiger partial charge in [-0.3, -0.25) is 9.88 Å². The predicted octanol–water partition coefficient (Wildman–Crippen LogP) is 1.66. The number of urea groups is 1. The van der Waals surface area contributed by atoms with E-state index in [2.05, 4.69) is 16.0 Å². The first-order valence-corrected chi connectivity index (χ1v) is 7.14. The van der Waals surface area contributed by atoms with E-state index in [1.54, 1.807) is 19.0 Å². The van der Waals surface area contributed by atoms with Gasteiger partial charge in [-0.05, 0) is 31.5 Å². The van der Waals surface area contributed by atoms with E-state index in [1.165, 1.54) is 0 Å². The fourth-order valence-corrected chi connectivity index (χ4v) is 2.68. The molecule has 0 aromatic carbocycles. The molecule has 1 aromatic rings. The van der Waals surface area contributed by atoms with Crippen molar-refractivity contribution in [2.24, 2.45) is 0 Å². The van der Waals surface area contributed by atoms with Crippen molar-refractivity contribution in [1.29, 1.82) is 0 Å². The van der Waals surface area contributed by atoms with Crippen LogP contribution in [-0.4, -0.2) is 66.0 Å². The van der Waals surface area contributed by atoms with Gasteiger partial charge in [0.15, 0.2) is 0 Å². The minimum atomic E-state index is 0.0784. The van der Waals surface area contributed by atoms with Crippen LogP contribution < -0.4 is 0 Å². The second-order valence-electron chi connectivity index (χ2n) is 5.64. The van der Waals surface area contributed by atoms with E-state index in [0.29, 0.717) is 6.04 Å². The summed E-state index contributed by atoms with van der Waals surface area (Å²) >= 11 is 0. The fourth-order valence-electron chi connectivity index (χ4n) is 2.68. The van der Waals surface area contributed by atoms with Gasteiger partial charge in [-0.15, -0.1) is 0 Å². The minimum absolute atomic E-state index is 0.0784. The van der Waals surface area contributed by atoms with Crippen molar-refractivity contribution >= 4 is 6.03 Å². The summed E-state index contributed by atoms with van der Waals surface area (Å²) in [6, 6.07) is 6.38. The summed E-state index contributed by atoms with van der Waals surface area (Å²) in [5, 5.41) is 0. The van der Waals surface area contributed by atoms with Gasteiger partial charge < -0.3 is 9.80 Å². The third-order valence-corrected chi connectivity index (χ3v) is 3.82. The molecule has 110 valence electrons. The zero-order valence-electron chi connectivity index (χ0n) is 12.6. The van der Waals surface area contributed by atoms with Crippen molar-refractivity contribution in [3.63, 3.8) is 0 Å². The SMILES string of the molecule is CN(C)C(=O)N(C)C1CCCN(Cc2ccccn2)C1. The van der Waals surface area contributed by atoms with Gasteiger partial charge in [0.2, 0.25) is 0 Å². The van der Waals surface area contributed by atoms with E-state index in [4.69, 9.17) is 0 Å². The summed E-state index contributed by atoms with van der Waals surface area (Å²) in [5.41, 5.74) is 1.09. The molecule has 1 aliphatic rings. The molecule has 1 atom stereocenters. The van der Waals surface area contributed by atoms with Gasteiger partial charge in [-0.2, -0.15) is 0 Å². The van der Waals surface area contributed by atoms with Gasteiger partial charge in [0.1, 0.15) is 0 Å². The van der Waals surface area contributed by atoms with Crippen LogP contribution >= 0.6 is 0 Å². The summed E-state index contributed by atoms with van der Waals surface area (Å²) in [6.45, 7) is 2.87. The van der Waals surface area contributed by atoms with E-state index >= 15 is 0 Å². The number of carbonyl (C=O) groups excluding carboxylic acids is 1. The lowest BCUT2D eigenvalue weighted by Gasteiger charge is -2.38. The summed E-state index contributed by atoms with van der Waals surface area (Å²) < 4.78 is 0. The Morgan fingerprint density at radius 1 is 1.40 bits per heavy atom. The molecule has 1 aromatic heterocycles. The Morgan fingerprint density at radius 2 is 2.20 bits per heavy atom. The zero-order valence-corrected chi connectivity index (χ0v) is 12.6. The number of rotatable bonds is 3. The van der Waals surface area contributed by atoms with Crippen LogP contribution in [0.25, 0.3) is 0 Å². The van der Waals surface area contributed by atoms with E-state index in [1.807, 2.05) is 30.3 Å². The topological polar surface area (TPSA) is 39.7 Å². The molecule has 20 heavy (non-hydrogen) atoms. The van der Waals surface area contributed by atoms with Crippen LogP contribution in [0.4, 0.5) is 4.79 Å². The lowest BCUT2D eigenvalue weighted by molar-refractivity contribution is 0.109. The van der Waals surface area contributed by atoms with Crippen LogP contribution in [0.1, 0.15) is 18.5 Å². The lowest BCUT2D eigenvalue weighted by atomic mass is 10.0. The molecular weight excluding hydrogens is 252 g/mol. The van der Waals surface area contributed by atoms with Crippen molar-refractivity contribution in [3.05, 3.63) is 30.1 Å². The van der Waals surface area contributed by atoms with Gasteiger partial charge in [0.05, 0.1) is 5.69 Å². The molecule has 2 heterocycles. The monoisotopic (exact) mass is 276 g/mol. The van der Waals surface area contributed by atoms with Crippen molar-refractivity contribution in [1.82, 2.24) is 19.7 Å². The highest BCUT2D eigenvalue weighted by molar-refractivity contribution is 5.73. The molecule has 0 aliphatic carbocycles. The largest absolute Gasteiger partial charge is 0.331 e. The van der Waals surface area contributed by atoms with Crippen molar-refractivity contribution in [3.8, 4) is 0 Å². The van der Waals surface area contributed by atoms with Crippen LogP contribution in [0, 0.1) is 0 Å². The molecule has 0 spiro atoms. The maximum absolute atomic E-state index is 12.0. The Morgan fingerprint density at radius 3 is 2.85 bits per heavy atom.